The topological polar surface area (TPSA) is 46.9 Å². The third kappa shape index (κ3) is 3.67. The molecule has 3 rings (SSSR count). The van der Waals surface area contributed by atoms with Crippen molar-refractivity contribution in [3.8, 4) is 0 Å². The summed E-state index contributed by atoms with van der Waals surface area (Å²) in [6.07, 6.45) is 1.19. The molecule has 146 valence electrons. The lowest BCUT2D eigenvalue weighted by molar-refractivity contribution is 0.102. The Morgan fingerprint density at radius 3 is 2.21 bits per heavy atom. The first-order valence-corrected chi connectivity index (χ1v) is 8.25. The molecule has 28 heavy (non-hydrogen) atoms. The number of amides is 1. The van der Waals surface area contributed by atoms with Crippen LogP contribution in [0.2, 0.25) is 10.0 Å². The van der Waals surface area contributed by atoms with Gasteiger partial charge < -0.3 is 5.32 Å². The van der Waals surface area contributed by atoms with E-state index in [1.54, 1.807) is 0 Å². The van der Waals surface area contributed by atoms with Gasteiger partial charge in [-0.25, -0.2) is 22.0 Å². The Hall–Kier alpha value is -2.65. The summed E-state index contributed by atoms with van der Waals surface area (Å²) >= 11 is 11.8. The summed E-state index contributed by atoms with van der Waals surface area (Å²) in [7, 11) is 0. The van der Waals surface area contributed by atoms with Crippen LogP contribution in [0.15, 0.2) is 30.5 Å². The molecule has 0 atom stereocenters. The van der Waals surface area contributed by atoms with Gasteiger partial charge in [0, 0.05) is 12.3 Å². The van der Waals surface area contributed by atoms with Crippen molar-refractivity contribution in [2.45, 2.75) is 6.54 Å². The van der Waals surface area contributed by atoms with Gasteiger partial charge in [0.1, 0.15) is 0 Å². The van der Waals surface area contributed by atoms with Crippen molar-refractivity contribution in [2.24, 2.45) is 0 Å². The molecule has 4 nitrogen and oxygen atoms in total. The Morgan fingerprint density at radius 1 is 0.964 bits per heavy atom. The highest BCUT2D eigenvalue weighted by atomic mass is 35.5. The maximum absolute atomic E-state index is 13.7. The summed E-state index contributed by atoms with van der Waals surface area (Å²) in [6.45, 7) is -0.750. The van der Waals surface area contributed by atoms with E-state index >= 15 is 0 Å². The van der Waals surface area contributed by atoms with Gasteiger partial charge >= 0.3 is 0 Å². The van der Waals surface area contributed by atoms with Crippen molar-refractivity contribution >= 4 is 34.9 Å². The van der Waals surface area contributed by atoms with Gasteiger partial charge in [0.15, 0.2) is 29.1 Å². The molecule has 0 aliphatic rings. The molecule has 0 bridgehead atoms. The van der Waals surface area contributed by atoms with Gasteiger partial charge in [0.2, 0.25) is 5.82 Å². The molecule has 1 amide bonds. The summed E-state index contributed by atoms with van der Waals surface area (Å²) in [5, 5.41) is 6.38. The highest BCUT2D eigenvalue weighted by molar-refractivity contribution is 6.44. The Bertz CT molecular complexity index is 1060. The smallest absolute Gasteiger partial charge is 0.258 e. The molecule has 0 aliphatic heterocycles. The van der Waals surface area contributed by atoms with E-state index in [4.69, 9.17) is 23.2 Å². The van der Waals surface area contributed by atoms with Crippen molar-refractivity contribution in [3.63, 3.8) is 0 Å². The molecule has 0 saturated heterocycles. The molecular formula is C17H8Cl2F5N3O. The monoisotopic (exact) mass is 435 g/mol. The van der Waals surface area contributed by atoms with E-state index in [-0.39, 0.29) is 21.4 Å². The number of halogens is 7. The first kappa shape index (κ1) is 20.1. The maximum Gasteiger partial charge on any atom is 0.258 e. The first-order valence-electron chi connectivity index (χ1n) is 7.49. The highest BCUT2D eigenvalue weighted by Crippen LogP contribution is 2.26. The van der Waals surface area contributed by atoms with E-state index in [9.17, 15) is 26.7 Å². The van der Waals surface area contributed by atoms with E-state index < -0.39 is 47.1 Å². The molecule has 0 unspecified atom stereocenters. The summed E-state index contributed by atoms with van der Waals surface area (Å²) in [5.41, 5.74) is -1.00. The number of anilines is 1. The van der Waals surface area contributed by atoms with Crippen LogP contribution >= 0.6 is 23.2 Å². The number of nitrogens with one attached hydrogen (secondary N) is 1. The van der Waals surface area contributed by atoms with E-state index in [0.29, 0.717) is 0 Å². The van der Waals surface area contributed by atoms with Crippen LogP contribution in [0.4, 0.5) is 27.8 Å². The van der Waals surface area contributed by atoms with Crippen LogP contribution in [-0.4, -0.2) is 15.7 Å². The Balaban J connectivity index is 1.82. The molecule has 11 heteroatoms. The molecule has 1 heterocycles. The molecule has 0 saturated carbocycles. The maximum atomic E-state index is 13.7. The largest absolute Gasteiger partial charge is 0.305 e. The fourth-order valence-electron chi connectivity index (χ4n) is 2.33. The minimum atomic E-state index is -2.24. The first-order chi connectivity index (χ1) is 13.2. The van der Waals surface area contributed by atoms with Crippen LogP contribution in [0.25, 0.3) is 0 Å². The molecule has 0 aliphatic carbocycles. The molecule has 1 N–H and O–H groups in total. The summed E-state index contributed by atoms with van der Waals surface area (Å²) in [4.78, 5) is 12.2. The number of carbonyl (C=O) groups excluding carboxylic acids is 1. The van der Waals surface area contributed by atoms with Crippen LogP contribution in [0.1, 0.15) is 15.9 Å². The van der Waals surface area contributed by atoms with Crippen molar-refractivity contribution in [3.05, 3.63) is 80.7 Å². The molecule has 0 radical (unpaired) electrons. The second kappa shape index (κ2) is 7.76. The van der Waals surface area contributed by atoms with Crippen molar-refractivity contribution in [1.29, 1.82) is 0 Å². The van der Waals surface area contributed by atoms with Crippen molar-refractivity contribution < 1.29 is 26.7 Å². The predicted octanol–water partition coefficient (Wildman–Crippen LogP) is 5.19. The van der Waals surface area contributed by atoms with Crippen LogP contribution < -0.4 is 5.32 Å². The molecule has 1 aromatic heterocycles. The minimum Gasteiger partial charge on any atom is -0.305 e. The molecule has 0 fully saturated rings. The molecule has 0 spiro atoms. The average Bonchev–Trinajstić information content (AvgIpc) is 3.11. The third-order valence-electron chi connectivity index (χ3n) is 3.70. The minimum absolute atomic E-state index is 0.0162. The Morgan fingerprint density at radius 2 is 1.57 bits per heavy atom. The van der Waals surface area contributed by atoms with Crippen molar-refractivity contribution in [2.75, 3.05) is 5.32 Å². The normalized spacial score (nSPS) is 11.0. The predicted molar refractivity (Wildman–Crippen MR) is 92.0 cm³/mol. The zero-order chi connectivity index (χ0) is 20.6. The van der Waals surface area contributed by atoms with Crippen LogP contribution in [0.3, 0.4) is 0 Å². The second-order valence-corrected chi connectivity index (χ2v) is 6.29. The summed E-state index contributed by atoms with van der Waals surface area (Å²) in [6, 6.07) is 5.67. The number of rotatable bonds is 4. The lowest BCUT2D eigenvalue weighted by Gasteiger charge is -2.08. The summed E-state index contributed by atoms with van der Waals surface area (Å²) < 4.78 is 68.0. The van der Waals surface area contributed by atoms with Crippen molar-refractivity contribution in [1.82, 2.24) is 9.78 Å². The molecule has 2 aromatic carbocycles. The summed E-state index contributed by atoms with van der Waals surface area (Å²) in [5.74, 6) is -11.0. The quantitative estimate of drug-likeness (QED) is 0.348. The van der Waals surface area contributed by atoms with Gasteiger partial charge in [-0.05, 0) is 12.1 Å². The van der Waals surface area contributed by atoms with Crippen LogP contribution in [-0.2, 0) is 6.54 Å². The second-order valence-electron chi connectivity index (χ2n) is 5.50. The van der Waals surface area contributed by atoms with Gasteiger partial charge in [-0.15, -0.1) is 0 Å². The van der Waals surface area contributed by atoms with Gasteiger partial charge in [0.05, 0.1) is 27.7 Å². The van der Waals surface area contributed by atoms with Gasteiger partial charge in [0.25, 0.3) is 5.91 Å². The number of benzene rings is 2. The van der Waals surface area contributed by atoms with E-state index in [1.165, 1.54) is 30.5 Å². The van der Waals surface area contributed by atoms with E-state index in [2.05, 4.69) is 10.4 Å². The van der Waals surface area contributed by atoms with Crippen LogP contribution in [0.5, 0.6) is 0 Å². The standard InChI is InChI=1S/C17H8Cl2F5N3O/c18-9-3-1-2-7(11(9)19)17(28)25-10-4-5-27(26-10)6-8-12(20)14(22)16(24)15(23)13(8)21/h1-5H,6H2,(H,25,26,28). The number of carbonyl (C=O) groups is 1. The third-order valence-corrected chi connectivity index (χ3v) is 4.52. The van der Waals surface area contributed by atoms with E-state index in [1.807, 2.05) is 0 Å². The van der Waals surface area contributed by atoms with Gasteiger partial charge in [-0.3, -0.25) is 9.48 Å². The zero-order valence-corrected chi connectivity index (χ0v) is 15.1. The Kier molecular flexibility index (Phi) is 5.57. The fraction of sp³-hybridized carbons (Fsp3) is 0.0588. The molecule has 3 aromatic rings. The lowest BCUT2D eigenvalue weighted by atomic mass is 10.1. The number of nitrogens with zero attached hydrogens (tertiary/aromatic N) is 2. The Labute approximate surface area is 164 Å². The van der Waals surface area contributed by atoms with Gasteiger partial charge in [-0.1, -0.05) is 29.3 Å². The van der Waals surface area contributed by atoms with E-state index in [0.717, 1.165) is 4.68 Å². The van der Waals surface area contributed by atoms with Crippen LogP contribution in [0, 0.1) is 29.1 Å². The molecular weight excluding hydrogens is 428 g/mol. The zero-order valence-electron chi connectivity index (χ0n) is 13.5. The van der Waals surface area contributed by atoms with Gasteiger partial charge in [-0.2, -0.15) is 5.10 Å². The SMILES string of the molecule is O=C(Nc1ccn(Cc2c(F)c(F)c(F)c(F)c2F)n1)c1cccc(Cl)c1Cl. The highest BCUT2D eigenvalue weighted by Gasteiger charge is 2.26. The fourth-order valence-corrected chi connectivity index (χ4v) is 2.72. The average molecular weight is 436 g/mol. The number of aromatic nitrogens is 2. The lowest BCUT2D eigenvalue weighted by Crippen LogP contribution is -2.14. The number of hydrogen-bond acceptors (Lipinski definition) is 2. The number of hydrogen-bond donors (Lipinski definition) is 1.